The van der Waals surface area contributed by atoms with Crippen molar-refractivity contribution >= 4 is 23.3 Å². The minimum Gasteiger partial charge on any atom is -0.389 e. The molecule has 6 nitrogen and oxygen atoms in total. The molecular formula is C18H23ClN2O4. The van der Waals surface area contributed by atoms with Gasteiger partial charge in [0.25, 0.3) is 0 Å². The number of benzene rings is 1. The van der Waals surface area contributed by atoms with Crippen LogP contribution in [0.15, 0.2) is 24.3 Å². The van der Waals surface area contributed by atoms with E-state index in [-0.39, 0.29) is 23.9 Å². The maximum absolute atomic E-state index is 12.9. The summed E-state index contributed by atoms with van der Waals surface area (Å²) in [6.45, 7) is 2.59. The molecular weight excluding hydrogens is 344 g/mol. The Labute approximate surface area is 152 Å². The molecule has 2 amide bonds. The smallest absolute Gasteiger partial charge is 0.322 e. The highest BCUT2D eigenvalue weighted by molar-refractivity contribution is 6.33. The second-order valence-electron chi connectivity index (χ2n) is 7.11. The van der Waals surface area contributed by atoms with Crippen molar-refractivity contribution in [3.63, 3.8) is 0 Å². The molecule has 0 saturated carbocycles. The first-order valence-corrected chi connectivity index (χ1v) is 9.17. The van der Waals surface area contributed by atoms with E-state index in [9.17, 15) is 9.90 Å². The van der Waals surface area contributed by atoms with Crippen LogP contribution in [-0.2, 0) is 9.47 Å². The molecule has 1 aromatic carbocycles. The molecule has 0 radical (unpaired) electrons. The number of amides is 2. The Kier molecular flexibility index (Phi) is 4.62. The van der Waals surface area contributed by atoms with Gasteiger partial charge < -0.3 is 24.8 Å². The van der Waals surface area contributed by atoms with Gasteiger partial charge in [0.05, 0.1) is 29.5 Å². The third-order valence-electron chi connectivity index (χ3n) is 5.83. The van der Waals surface area contributed by atoms with Crippen LogP contribution >= 0.6 is 11.6 Å². The van der Waals surface area contributed by atoms with Gasteiger partial charge in [-0.1, -0.05) is 23.7 Å². The van der Waals surface area contributed by atoms with E-state index in [1.807, 2.05) is 17.0 Å². The molecule has 3 aliphatic rings. The van der Waals surface area contributed by atoms with Crippen molar-refractivity contribution in [2.45, 2.75) is 24.5 Å². The molecule has 1 aromatic rings. The molecule has 3 aliphatic heterocycles. The maximum Gasteiger partial charge on any atom is 0.322 e. The summed E-state index contributed by atoms with van der Waals surface area (Å²) in [5, 5.41) is 14.7. The molecule has 4 rings (SSSR count). The van der Waals surface area contributed by atoms with Gasteiger partial charge in [-0.05, 0) is 18.6 Å². The average molecular weight is 367 g/mol. The second kappa shape index (κ2) is 6.76. The molecule has 4 atom stereocenters. The molecule has 0 spiro atoms. The van der Waals surface area contributed by atoms with Gasteiger partial charge >= 0.3 is 6.03 Å². The van der Waals surface area contributed by atoms with E-state index < -0.39 is 5.60 Å². The monoisotopic (exact) mass is 366 g/mol. The highest BCUT2D eigenvalue weighted by Crippen LogP contribution is 2.44. The fraction of sp³-hybridized carbons (Fsp3) is 0.611. The standard InChI is InChI=1S/C18H23ClN2O4/c19-14-3-1-2-4-15(14)20-17(22)21-9-12-10-25-8-6-18(12,23)13-11-24-7-5-16(13)21/h1-4,12-13,16,23H,5-11H2,(H,20,22)/t12-,13+,16+,18-/m0/s1. The number of carbonyl (C=O) groups is 1. The van der Waals surface area contributed by atoms with E-state index in [0.717, 1.165) is 6.42 Å². The van der Waals surface area contributed by atoms with Crippen LogP contribution < -0.4 is 5.32 Å². The van der Waals surface area contributed by atoms with Gasteiger partial charge in [0.2, 0.25) is 0 Å². The first-order chi connectivity index (χ1) is 12.1. The number of nitrogens with one attached hydrogen (secondary N) is 1. The molecule has 7 heteroatoms. The largest absolute Gasteiger partial charge is 0.389 e. The molecule has 0 bridgehead atoms. The van der Waals surface area contributed by atoms with Gasteiger partial charge in [0.15, 0.2) is 0 Å². The lowest BCUT2D eigenvalue weighted by Crippen LogP contribution is -2.69. The van der Waals surface area contributed by atoms with Crippen molar-refractivity contribution in [1.29, 1.82) is 0 Å². The average Bonchev–Trinajstić information content (AvgIpc) is 2.63. The Balaban J connectivity index is 1.58. The van der Waals surface area contributed by atoms with Crippen LogP contribution in [0.25, 0.3) is 0 Å². The summed E-state index contributed by atoms with van der Waals surface area (Å²) in [5.41, 5.74) is -0.219. The van der Waals surface area contributed by atoms with Crippen molar-refractivity contribution in [2.75, 3.05) is 38.3 Å². The molecule has 25 heavy (non-hydrogen) atoms. The number of urea groups is 1. The summed E-state index contributed by atoms with van der Waals surface area (Å²) in [7, 11) is 0. The quantitative estimate of drug-likeness (QED) is 0.800. The number of aliphatic hydroxyl groups is 1. The van der Waals surface area contributed by atoms with Gasteiger partial charge in [-0.25, -0.2) is 4.79 Å². The molecule has 3 heterocycles. The number of halogens is 1. The predicted octanol–water partition coefficient (Wildman–Crippen LogP) is 2.36. The van der Waals surface area contributed by atoms with Crippen LogP contribution in [0.1, 0.15) is 12.8 Å². The summed E-state index contributed by atoms with van der Waals surface area (Å²) in [6, 6.07) is 6.98. The number of carbonyl (C=O) groups excluding carboxylic acids is 1. The summed E-state index contributed by atoms with van der Waals surface area (Å²) < 4.78 is 11.2. The van der Waals surface area contributed by atoms with Gasteiger partial charge in [-0.15, -0.1) is 0 Å². The van der Waals surface area contributed by atoms with E-state index in [2.05, 4.69) is 5.32 Å². The SMILES string of the molecule is O=C(Nc1ccccc1Cl)N1C[C@H]2COCC[C@@]2(O)[C@@H]2COCC[C@H]21. The predicted molar refractivity (Wildman–Crippen MR) is 93.8 cm³/mol. The van der Waals surface area contributed by atoms with Crippen molar-refractivity contribution < 1.29 is 19.4 Å². The lowest BCUT2D eigenvalue weighted by Gasteiger charge is -2.56. The third kappa shape index (κ3) is 3.01. The Morgan fingerprint density at radius 1 is 1.28 bits per heavy atom. The Morgan fingerprint density at radius 3 is 2.92 bits per heavy atom. The van der Waals surface area contributed by atoms with E-state index in [1.54, 1.807) is 12.1 Å². The number of nitrogens with zero attached hydrogens (tertiary/aromatic N) is 1. The van der Waals surface area contributed by atoms with Gasteiger partial charge in [0.1, 0.15) is 0 Å². The molecule has 3 fully saturated rings. The zero-order valence-electron chi connectivity index (χ0n) is 14.0. The van der Waals surface area contributed by atoms with E-state index in [4.69, 9.17) is 21.1 Å². The highest BCUT2D eigenvalue weighted by Gasteiger charge is 2.56. The zero-order chi connectivity index (χ0) is 17.4. The number of ether oxygens (including phenoxy) is 2. The number of hydrogen-bond donors (Lipinski definition) is 2. The van der Waals surface area contributed by atoms with Crippen molar-refractivity contribution in [3.05, 3.63) is 29.3 Å². The molecule has 3 saturated heterocycles. The van der Waals surface area contributed by atoms with E-state index >= 15 is 0 Å². The lowest BCUT2D eigenvalue weighted by atomic mass is 9.66. The highest BCUT2D eigenvalue weighted by atomic mass is 35.5. The number of fused-ring (bicyclic) bond motifs is 3. The number of likely N-dealkylation sites (tertiary alicyclic amines) is 1. The molecule has 0 unspecified atom stereocenters. The normalized spacial score (nSPS) is 34.8. The van der Waals surface area contributed by atoms with Crippen LogP contribution in [0, 0.1) is 11.8 Å². The third-order valence-corrected chi connectivity index (χ3v) is 6.16. The van der Waals surface area contributed by atoms with Gasteiger partial charge in [0, 0.05) is 44.1 Å². The van der Waals surface area contributed by atoms with E-state index in [1.165, 1.54) is 0 Å². The minimum atomic E-state index is -0.815. The van der Waals surface area contributed by atoms with Gasteiger partial charge in [-0.3, -0.25) is 0 Å². The van der Waals surface area contributed by atoms with Crippen LogP contribution in [0.3, 0.4) is 0 Å². The van der Waals surface area contributed by atoms with Crippen LogP contribution in [0.5, 0.6) is 0 Å². The number of hydrogen-bond acceptors (Lipinski definition) is 4. The Hall–Kier alpha value is -1.34. The summed E-state index contributed by atoms with van der Waals surface area (Å²) in [4.78, 5) is 14.8. The summed E-state index contributed by atoms with van der Waals surface area (Å²) in [5.74, 6) is -0.179. The summed E-state index contributed by atoms with van der Waals surface area (Å²) >= 11 is 6.16. The second-order valence-corrected chi connectivity index (χ2v) is 7.52. The fourth-order valence-electron chi connectivity index (χ4n) is 4.44. The van der Waals surface area contributed by atoms with Crippen molar-refractivity contribution in [2.24, 2.45) is 11.8 Å². The Morgan fingerprint density at radius 2 is 2.08 bits per heavy atom. The lowest BCUT2D eigenvalue weighted by molar-refractivity contribution is -0.211. The first kappa shape index (κ1) is 17.1. The molecule has 0 aliphatic carbocycles. The number of rotatable bonds is 1. The maximum atomic E-state index is 12.9. The van der Waals surface area contributed by atoms with Crippen LogP contribution in [0.4, 0.5) is 10.5 Å². The Bertz CT molecular complexity index is 658. The zero-order valence-corrected chi connectivity index (χ0v) is 14.7. The molecule has 136 valence electrons. The number of anilines is 1. The first-order valence-electron chi connectivity index (χ1n) is 8.79. The fourth-order valence-corrected chi connectivity index (χ4v) is 4.62. The van der Waals surface area contributed by atoms with Gasteiger partial charge in [-0.2, -0.15) is 0 Å². The molecule has 0 aromatic heterocycles. The number of para-hydroxylation sites is 1. The molecule has 2 N–H and O–H groups in total. The number of piperidine rings is 1. The van der Waals surface area contributed by atoms with E-state index in [0.29, 0.717) is 50.1 Å². The topological polar surface area (TPSA) is 71.0 Å². The van der Waals surface area contributed by atoms with Crippen molar-refractivity contribution in [3.8, 4) is 0 Å². The van der Waals surface area contributed by atoms with Crippen LogP contribution in [0.2, 0.25) is 5.02 Å². The summed E-state index contributed by atoms with van der Waals surface area (Å²) in [6.07, 6.45) is 1.33. The van der Waals surface area contributed by atoms with Crippen molar-refractivity contribution in [1.82, 2.24) is 4.90 Å². The minimum absolute atomic E-state index is 0.0319. The van der Waals surface area contributed by atoms with Crippen LogP contribution in [-0.4, -0.2) is 60.7 Å².